The summed E-state index contributed by atoms with van der Waals surface area (Å²) in [6.45, 7) is 8.93. The van der Waals surface area contributed by atoms with Gasteiger partial charge in [-0.2, -0.15) is 0 Å². The molecule has 9 aliphatic heterocycles. The lowest BCUT2D eigenvalue weighted by molar-refractivity contribution is -0.275. The van der Waals surface area contributed by atoms with E-state index in [1.807, 2.05) is 0 Å². The van der Waals surface area contributed by atoms with Crippen molar-refractivity contribution < 1.29 is 19.1 Å². The van der Waals surface area contributed by atoms with Gasteiger partial charge in [-0.25, -0.2) is 4.79 Å². The number of aryl methyl sites for hydroxylation is 2. The van der Waals surface area contributed by atoms with Gasteiger partial charge in [-0.3, -0.25) is 9.69 Å². The lowest BCUT2D eigenvalue weighted by Crippen LogP contribution is -2.77. The highest BCUT2D eigenvalue weighted by atomic mass is 16.6. The number of fused-ring (bicyclic) bond motifs is 6. The Kier molecular flexibility index (Phi) is 7.84. The van der Waals surface area contributed by atoms with Crippen LogP contribution in [-0.2, 0) is 39.1 Å². The van der Waals surface area contributed by atoms with Crippen LogP contribution in [0.5, 0.6) is 0 Å². The third-order valence-corrected chi connectivity index (χ3v) is 18.9. The van der Waals surface area contributed by atoms with E-state index < -0.39 is 16.4 Å². The normalized spacial score (nSPS) is 43.5. The van der Waals surface area contributed by atoms with E-state index in [0.717, 1.165) is 113 Å². The molecule has 1 saturated carbocycles. The molecule has 7 heteroatoms. The fourth-order valence-corrected chi connectivity index (χ4v) is 16.8. The van der Waals surface area contributed by atoms with Crippen molar-refractivity contribution in [2.24, 2.45) is 58.0 Å². The SMILES string of the molecule is C[C@@H]1[C@H]2/C=C3\OC(=O)[C@@]45C6=C7CC[C@@]34[C@]3(OC(=O)c4c(CCCN)cccc43)[C@H]5CCCCc3cccc(c3)CC(=C6)[C@H]3[C@@H]7C(=CC[C@@H]3C)N3C[C@@H]4C[C@H](C3)[C@H](CC2)N1C4. The zero-order valence-electron chi connectivity index (χ0n) is 35.6. The molecule has 15 bridgehead atoms. The van der Waals surface area contributed by atoms with E-state index in [4.69, 9.17) is 15.2 Å². The van der Waals surface area contributed by atoms with Crippen LogP contribution >= 0.6 is 0 Å². The molecule has 2 N–H and O–H groups in total. The largest absolute Gasteiger partial charge is 0.449 e. The number of allylic oxidation sites excluding steroid dienone is 4. The molecule has 14 aliphatic rings. The van der Waals surface area contributed by atoms with Crippen LogP contribution in [0.1, 0.15) is 111 Å². The topological polar surface area (TPSA) is 85.1 Å². The molecule has 0 radical (unpaired) electrons. The first-order valence-electron chi connectivity index (χ1n) is 24.0. The maximum atomic E-state index is 16.0. The van der Waals surface area contributed by atoms with Gasteiger partial charge in [0.1, 0.15) is 11.2 Å². The molecular weight excluding hydrogens is 743 g/mol. The maximum Gasteiger partial charge on any atom is 0.339 e. The smallest absolute Gasteiger partial charge is 0.339 e. The molecule has 1 unspecified atom stereocenters. The summed E-state index contributed by atoms with van der Waals surface area (Å²) in [6.07, 6.45) is 20.2. The first-order chi connectivity index (χ1) is 29.3. The van der Waals surface area contributed by atoms with Crippen LogP contribution in [0.25, 0.3) is 0 Å². The number of nitrogens with zero attached hydrogens (tertiary/aromatic N) is 2. The summed E-state index contributed by atoms with van der Waals surface area (Å²) in [6, 6.07) is 16.7. The molecule has 13 atom stereocenters. The molecule has 0 aromatic heterocycles. The molecule has 5 fully saturated rings. The second-order valence-electron chi connectivity index (χ2n) is 21.3. The van der Waals surface area contributed by atoms with Gasteiger partial charge in [0.05, 0.1) is 11.0 Å². The molecule has 9 heterocycles. The van der Waals surface area contributed by atoms with Crippen LogP contribution in [0.3, 0.4) is 0 Å². The van der Waals surface area contributed by atoms with E-state index in [1.54, 1.807) is 5.70 Å². The van der Waals surface area contributed by atoms with Crippen molar-refractivity contribution in [2.75, 3.05) is 26.2 Å². The maximum absolute atomic E-state index is 16.0. The molecule has 2 aromatic rings. The molecule has 7 nitrogen and oxygen atoms in total. The zero-order valence-corrected chi connectivity index (χ0v) is 35.6. The number of hydrogen-bond acceptors (Lipinski definition) is 7. The van der Waals surface area contributed by atoms with Crippen molar-refractivity contribution in [3.63, 3.8) is 0 Å². The zero-order chi connectivity index (χ0) is 40.3. The average molecular weight is 804 g/mol. The second-order valence-corrected chi connectivity index (χ2v) is 21.3. The van der Waals surface area contributed by atoms with Gasteiger partial charge in [0.15, 0.2) is 5.60 Å². The summed E-state index contributed by atoms with van der Waals surface area (Å²) in [5.41, 5.74) is 14.6. The Morgan fingerprint density at radius 2 is 1.85 bits per heavy atom. The van der Waals surface area contributed by atoms with Gasteiger partial charge in [0.25, 0.3) is 0 Å². The van der Waals surface area contributed by atoms with E-state index in [0.29, 0.717) is 42.3 Å². The number of benzene rings is 2. The molecule has 3 spiro atoms. The third-order valence-electron chi connectivity index (χ3n) is 18.9. The first kappa shape index (κ1) is 36.7. The Hall–Kier alpha value is -3.94. The van der Waals surface area contributed by atoms with Gasteiger partial charge in [0.2, 0.25) is 0 Å². The molecule has 16 rings (SSSR count). The number of carbonyl (C=O) groups excluding carboxylic acids is 2. The molecule has 2 aromatic carbocycles. The van der Waals surface area contributed by atoms with E-state index in [-0.39, 0.29) is 29.7 Å². The van der Waals surface area contributed by atoms with Crippen molar-refractivity contribution in [2.45, 2.75) is 115 Å². The summed E-state index contributed by atoms with van der Waals surface area (Å²) in [4.78, 5) is 36.5. The van der Waals surface area contributed by atoms with Crippen LogP contribution in [-0.4, -0.2) is 60.0 Å². The fraction of sp³-hybridized carbons (Fsp3) is 0.585. The van der Waals surface area contributed by atoms with Gasteiger partial charge in [0, 0.05) is 54.8 Å². The Labute approximate surface area is 355 Å². The van der Waals surface area contributed by atoms with Crippen molar-refractivity contribution in [3.8, 4) is 0 Å². The van der Waals surface area contributed by atoms with Gasteiger partial charge < -0.3 is 20.1 Å². The van der Waals surface area contributed by atoms with Gasteiger partial charge in [-0.1, -0.05) is 79.1 Å². The fourth-order valence-electron chi connectivity index (χ4n) is 16.8. The lowest BCUT2D eigenvalue weighted by atomic mass is 9.29. The monoisotopic (exact) mass is 803 g/mol. The van der Waals surface area contributed by atoms with E-state index in [9.17, 15) is 4.79 Å². The number of carbonyl (C=O) groups is 2. The molecular formula is C53H61N3O4. The quantitative estimate of drug-likeness (QED) is 0.312. The summed E-state index contributed by atoms with van der Waals surface area (Å²) in [5, 5.41) is 0. The third kappa shape index (κ3) is 4.40. The van der Waals surface area contributed by atoms with Crippen LogP contribution in [0.15, 0.2) is 88.9 Å². The van der Waals surface area contributed by atoms with E-state index >= 15 is 4.79 Å². The average Bonchev–Trinajstić information content (AvgIpc) is 3.69. The van der Waals surface area contributed by atoms with Crippen LogP contribution in [0.2, 0.25) is 0 Å². The number of nitrogens with two attached hydrogens (primary N) is 1. The molecule has 312 valence electrons. The van der Waals surface area contributed by atoms with E-state index in [2.05, 4.69) is 84.3 Å². The number of hydrogen-bond donors (Lipinski definition) is 1. The van der Waals surface area contributed by atoms with Crippen LogP contribution < -0.4 is 5.73 Å². The number of ether oxygens (including phenoxy) is 2. The molecule has 5 aliphatic carbocycles. The van der Waals surface area contributed by atoms with Crippen molar-refractivity contribution in [1.82, 2.24) is 9.80 Å². The van der Waals surface area contributed by atoms with Crippen LogP contribution in [0.4, 0.5) is 0 Å². The summed E-state index contributed by atoms with van der Waals surface area (Å²) >= 11 is 0. The number of esters is 2. The van der Waals surface area contributed by atoms with Gasteiger partial charge in [-0.15, -0.1) is 0 Å². The summed E-state index contributed by atoms with van der Waals surface area (Å²) in [5.74, 6) is 2.94. The lowest BCUT2D eigenvalue weighted by Gasteiger charge is -2.71. The highest BCUT2D eigenvalue weighted by Gasteiger charge is 2.92. The molecule has 4 saturated heterocycles. The predicted molar refractivity (Wildman–Crippen MR) is 230 cm³/mol. The minimum Gasteiger partial charge on any atom is -0.449 e. The minimum absolute atomic E-state index is 0.0882. The van der Waals surface area contributed by atoms with Crippen molar-refractivity contribution in [1.29, 1.82) is 0 Å². The Bertz CT molecular complexity index is 2370. The predicted octanol–water partition coefficient (Wildman–Crippen LogP) is 8.58. The number of rotatable bonds is 3. The second kappa shape index (κ2) is 12.8. The Balaban J connectivity index is 1.12. The summed E-state index contributed by atoms with van der Waals surface area (Å²) in [7, 11) is 0. The van der Waals surface area contributed by atoms with Crippen molar-refractivity contribution in [3.05, 3.63) is 117 Å². The van der Waals surface area contributed by atoms with Gasteiger partial charge in [-0.05, 0) is 148 Å². The molecule has 0 amide bonds. The first-order valence-corrected chi connectivity index (χ1v) is 24.0. The van der Waals surface area contributed by atoms with Gasteiger partial charge >= 0.3 is 11.9 Å². The number of piperidine rings is 3. The summed E-state index contributed by atoms with van der Waals surface area (Å²) < 4.78 is 14.3. The van der Waals surface area contributed by atoms with E-state index in [1.165, 1.54) is 40.7 Å². The molecule has 60 heavy (non-hydrogen) atoms. The Morgan fingerprint density at radius 3 is 2.75 bits per heavy atom. The Morgan fingerprint density at radius 1 is 0.967 bits per heavy atom. The van der Waals surface area contributed by atoms with Crippen molar-refractivity contribution >= 4 is 11.9 Å². The highest BCUT2D eigenvalue weighted by molar-refractivity contribution is 6.00. The standard InChI is InChI=1S/C53H61N3O4/c1-30-15-17-43-48-39-19-20-51-45(26-36-16-18-42-38-24-34(27-55(43)29-38)28-56(42)31(36)2)59-50(58)52(51)41(39)25-37(46(30)48)23-33-10-5-9-32(22-33)8-3-4-14-44(52)53(51)40-13-6-11-35(12-7-21-54)47(40)49(57)60-53/h5-6,9-11,13,17,22,25-26,30-31,34,36,38,42,44,46,48H,3-4,7-8,12,14-16,18-21,23-24,27-29,54H2,1-2H3/b45-26-/t30-,31+,34-,36+,38+,42-,44-,46-,48-,51+,52-,53+/m0/s1. The van der Waals surface area contributed by atoms with Crippen LogP contribution in [0, 0.1) is 52.3 Å². The minimum atomic E-state index is -0.995. The highest BCUT2D eigenvalue weighted by Crippen LogP contribution is 2.87.